The third-order valence-electron chi connectivity index (χ3n) is 4.25. The van der Waals surface area contributed by atoms with Gasteiger partial charge in [-0.2, -0.15) is 13.2 Å². The Kier molecular flexibility index (Phi) is 4.96. The largest absolute Gasteiger partial charge is 0.444 e. The SMILES string of the molecule is CC(C)(C)OC(=O)N1CCCN(c2nc3cc(C(F)(F)F)ccc3[nH]2)CC1. The van der Waals surface area contributed by atoms with E-state index in [0.29, 0.717) is 44.1 Å². The average Bonchev–Trinajstić information content (AvgIpc) is 2.80. The minimum Gasteiger partial charge on any atom is -0.444 e. The minimum absolute atomic E-state index is 0.271. The number of fused-ring (bicyclic) bond motifs is 1. The number of carbonyl (C=O) groups is 1. The van der Waals surface area contributed by atoms with Gasteiger partial charge < -0.3 is 19.5 Å². The van der Waals surface area contributed by atoms with E-state index in [9.17, 15) is 18.0 Å². The van der Waals surface area contributed by atoms with Crippen molar-refractivity contribution in [1.29, 1.82) is 0 Å². The molecule has 0 radical (unpaired) electrons. The van der Waals surface area contributed by atoms with E-state index in [1.165, 1.54) is 6.07 Å². The molecule has 0 unspecified atom stereocenters. The number of hydrogen-bond acceptors (Lipinski definition) is 4. The fourth-order valence-electron chi connectivity index (χ4n) is 2.96. The average molecular weight is 384 g/mol. The summed E-state index contributed by atoms with van der Waals surface area (Å²) in [5, 5.41) is 0. The summed E-state index contributed by atoms with van der Waals surface area (Å²) in [5.74, 6) is 0.510. The highest BCUT2D eigenvalue weighted by Crippen LogP contribution is 2.31. The van der Waals surface area contributed by atoms with Gasteiger partial charge in [0, 0.05) is 26.2 Å². The number of carbonyl (C=O) groups excluding carboxylic acids is 1. The topological polar surface area (TPSA) is 61.5 Å². The summed E-state index contributed by atoms with van der Waals surface area (Å²) in [6.45, 7) is 7.63. The van der Waals surface area contributed by atoms with Crippen molar-refractivity contribution in [3.63, 3.8) is 0 Å². The fraction of sp³-hybridized carbons (Fsp3) is 0.556. The van der Waals surface area contributed by atoms with Gasteiger partial charge in [0.05, 0.1) is 16.6 Å². The van der Waals surface area contributed by atoms with Crippen LogP contribution in [0.2, 0.25) is 0 Å². The van der Waals surface area contributed by atoms with Crippen LogP contribution in [0.4, 0.5) is 23.9 Å². The van der Waals surface area contributed by atoms with Gasteiger partial charge in [0.2, 0.25) is 5.95 Å². The Morgan fingerprint density at radius 2 is 1.89 bits per heavy atom. The third-order valence-corrected chi connectivity index (χ3v) is 4.25. The van der Waals surface area contributed by atoms with Gasteiger partial charge in [-0.05, 0) is 45.4 Å². The molecule has 9 heteroatoms. The summed E-state index contributed by atoms with van der Waals surface area (Å²) >= 11 is 0. The lowest BCUT2D eigenvalue weighted by Gasteiger charge is -2.26. The summed E-state index contributed by atoms with van der Waals surface area (Å²) in [7, 11) is 0. The number of amides is 1. The molecule has 1 fully saturated rings. The van der Waals surface area contributed by atoms with Crippen molar-refractivity contribution in [3.05, 3.63) is 23.8 Å². The van der Waals surface area contributed by atoms with E-state index in [1.54, 1.807) is 4.90 Å². The van der Waals surface area contributed by atoms with Crippen LogP contribution < -0.4 is 4.90 Å². The van der Waals surface area contributed by atoms with E-state index < -0.39 is 17.3 Å². The molecule has 0 atom stereocenters. The molecule has 1 aliphatic heterocycles. The van der Waals surface area contributed by atoms with E-state index >= 15 is 0 Å². The Bertz CT molecular complexity index is 826. The first kappa shape index (κ1) is 19.3. The Morgan fingerprint density at radius 1 is 1.15 bits per heavy atom. The quantitative estimate of drug-likeness (QED) is 0.807. The lowest BCUT2D eigenvalue weighted by molar-refractivity contribution is -0.137. The van der Waals surface area contributed by atoms with Gasteiger partial charge in [0.15, 0.2) is 0 Å². The fourth-order valence-corrected chi connectivity index (χ4v) is 2.96. The predicted molar refractivity (Wildman–Crippen MR) is 95.7 cm³/mol. The van der Waals surface area contributed by atoms with E-state index in [2.05, 4.69) is 9.97 Å². The number of ether oxygens (including phenoxy) is 1. The number of halogens is 3. The molecule has 0 bridgehead atoms. The van der Waals surface area contributed by atoms with Crippen molar-refractivity contribution in [2.24, 2.45) is 0 Å². The van der Waals surface area contributed by atoms with Crippen LogP contribution in [0.25, 0.3) is 11.0 Å². The van der Waals surface area contributed by atoms with E-state index in [-0.39, 0.29) is 11.6 Å². The summed E-state index contributed by atoms with van der Waals surface area (Å²) in [5.41, 5.74) is -0.461. The monoisotopic (exact) mass is 384 g/mol. The second-order valence-corrected chi connectivity index (χ2v) is 7.60. The number of imidazole rings is 1. The maximum atomic E-state index is 12.9. The van der Waals surface area contributed by atoms with Crippen LogP contribution in [0.5, 0.6) is 0 Å². The van der Waals surface area contributed by atoms with Crippen molar-refractivity contribution < 1.29 is 22.7 Å². The number of aromatic nitrogens is 2. The molecule has 148 valence electrons. The zero-order valence-corrected chi connectivity index (χ0v) is 15.6. The van der Waals surface area contributed by atoms with Crippen molar-refractivity contribution in [1.82, 2.24) is 14.9 Å². The molecule has 3 rings (SSSR count). The molecule has 2 aromatic rings. The number of nitrogens with one attached hydrogen (secondary N) is 1. The Balaban J connectivity index is 1.73. The lowest BCUT2D eigenvalue weighted by Crippen LogP contribution is -2.39. The number of H-pyrrole nitrogens is 1. The first-order chi connectivity index (χ1) is 12.5. The molecular weight excluding hydrogens is 361 g/mol. The molecule has 27 heavy (non-hydrogen) atoms. The lowest BCUT2D eigenvalue weighted by atomic mass is 10.2. The highest BCUT2D eigenvalue weighted by Gasteiger charge is 2.31. The molecular formula is C18H23F3N4O2. The van der Waals surface area contributed by atoms with Crippen molar-refractivity contribution in [2.45, 2.75) is 39.0 Å². The van der Waals surface area contributed by atoms with Crippen LogP contribution in [0.3, 0.4) is 0 Å². The zero-order valence-electron chi connectivity index (χ0n) is 15.6. The molecule has 1 aliphatic rings. The van der Waals surface area contributed by atoms with Gasteiger partial charge in [-0.3, -0.25) is 0 Å². The van der Waals surface area contributed by atoms with Crippen molar-refractivity contribution in [3.8, 4) is 0 Å². The maximum absolute atomic E-state index is 12.9. The van der Waals surface area contributed by atoms with Crippen molar-refractivity contribution >= 4 is 23.1 Å². The molecule has 0 spiro atoms. The third kappa shape index (κ3) is 4.64. The molecule has 1 aromatic carbocycles. The molecule has 1 aromatic heterocycles. The van der Waals surface area contributed by atoms with Crippen LogP contribution in [0.15, 0.2) is 18.2 Å². The number of anilines is 1. The highest BCUT2D eigenvalue weighted by atomic mass is 19.4. The Morgan fingerprint density at radius 3 is 2.56 bits per heavy atom. The summed E-state index contributed by atoms with van der Waals surface area (Å²) < 4.78 is 44.0. The van der Waals surface area contributed by atoms with Crippen LogP contribution in [0, 0.1) is 0 Å². The van der Waals surface area contributed by atoms with Gasteiger partial charge >= 0.3 is 12.3 Å². The van der Waals surface area contributed by atoms with Gasteiger partial charge in [0.1, 0.15) is 5.60 Å². The van der Waals surface area contributed by atoms with Crippen LogP contribution >= 0.6 is 0 Å². The van der Waals surface area contributed by atoms with Crippen LogP contribution in [-0.4, -0.2) is 52.7 Å². The first-order valence-electron chi connectivity index (χ1n) is 8.83. The van der Waals surface area contributed by atoms with Crippen LogP contribution in [0.1, 0.15) is 32.8 Å². The first-order valence-corrected chi connectivity index (χ1v) is 8.83. The standard InChI is InChI=1S/C18H23F3N4O2/c1-17(2,3)27-16(26)25-8-4-7-24(9-10-25)15-22-13-6-5-12(18(19,20)21)11-14(13)23-15/h5-6,11H,4,7-10H2,1-3H3,(H,22,23). The number of rotatable bonds is 1. The van der Waals surface area contributed by atoms with Crippen LogP contribution in [-0.2, 0) is 10.9 Å². The smallest absolute Gasteiger partial charge is 0.416 e. The normalized spacial score (nSPS) is 16.5. The summed E-state index contributed by atoms with van der Waals surface area (Å²) in [4.78, 5) is 23.2. The van der Waals surface area contributed by atoms with E-state index in [0.717, 1.165) is 12.1 Å². The number of nitrogens with zero attached hydrogens (tertiary/aromatic N) is 3. The summed E-state index contributed by atoms with van der Waals surface area (Å²) in [6.07, 6.45) is -4.04. The molecule has 1 N–H and O–H groups in total. The molecule has 1 saturated heterocycles. The maximum Gasteiger partial charge on any atom is 0.416 e. The van der Waals surface area contributed by atoms with Crippen molar-refractivity contribution in [2.75, 3.05) is 31.1 Å². The molecule has 1 amide bonds. The number of alkyl halides is 3. The minimum atomic E-state index is -4.40. The van der Waals surface area contributed by atoms with Gasteiger partial charge in [-0.25, -0.2) is 9.78 Å². The molecule has 2 heterocycles. The second-order valence-electron chi connectivity index (χ2n) is 7.60. The molecule has 0 aliphatic carbocycles. The zero-order chi connectivity index (χ0) is 19.8. The second kappa shape index (κ2) is 6.94. The number of hydrogen-bond donors (Lipinski definition) is 1. The van der Waals surface area contributed by atoms with E-state index in [4.69, 9.17) is 4.74 Å². The van der Waals surface area contributed by atoms with Gasteiger partial charge in [-0.15, -0.1) is 0 Å². The Hall–Kier alpha value is -2.45. The number of aromatic amines is 1. The summed E-state index contributed by atoms with van der Waals surface area (Å²) in [6, 6.07) is 3.47. The molecule has 0 saturated carbocycles. The number of benzene rings is 1. The Labute approximate surface area is 155 Å². The predicted octanol–water partition coefficient (Wildman–Crippen LogP) is 4.03. The highest BCUT2D eigenvalue weighted by molar-refractivity contribution is 5.78. The van der Waals surface area contributed by atoms with Gasteiger partial charge in [0.25, 0.3) is 0 Å². The van der Waals surface area contributed by atoms with E-state index in [1.807, 2.05) is 25.7 Å². The molecule has 6 nitrogen and oxygen atoms in total. The van der Waals surface area contributed by atoms with Gasteiger partial charge in [-0.1, -0.05) is 0 Å².